The molecule has 1 saturated heterocycles. The first-order valence-corrected chi connectivity index (χ1v) is 13.4. The quantitative estimate of drug-likeness (QED) is 0.156. The van der Waals surface area contributed by atoms with Gasteiger partial charge in [0.05, 0.1) is 20.8 Å². The predicted octanol–water partition coefficient (Wildman–Crippen LogP) is 5.61. The molecule has 0 aliphatic carbocycles. The Hall–Kier alpha value is -3.22. The standard InChI is InChI=1S/C24H18FN3O5S3/c1-13(25)18-20(29)27-19(22(30)33-11-14-7-9-16(10-8-14)28(31)32)23(35-21(18)27)36-24-26-17(12-34-24)15-5-3-2-4-6-15/h2-10,12-13,18,21H,11H2,1H3/t13-,18-,21+/m0/s1. The number of amides is 1. The molecule has 3 atom stereocenters. The highest BCUT2D eigenvalue weighted by atomic mass is 32.2. The van der Waals surface area contributed by atoms with Crippen molar-refractivity contribution in [3.05, 3.63) is 85.6 Å². The van der Waals surface area contributed by atoms with Gasteiger partial charge in [-0.1, -0.05) is 42.1 Å². The van der Waals surface area contributed by atoms with Crippen molar-refractivity contribution in [3.63, 3.8) is 0 Å². The molecular formula is C24H18FN3O5S3. The van der Waals surface area contributed by atoms with Crippen LogP contribution in [0.2, 0.25) is 0 Å². The van der Waals surface area contributed by atoms with Gasteiger partial charge in [0.2, 0.25) is 5.91 Å². The summed E-state index contributed by atoms with van der Waals surface area (Å²) in [5.74, 6) is -2.00. The topological polar surface area (TPSA) is 103 Å². The summed E-state index contributed by atoms with van der Waals surface area (Å²) in [7, 11) is 0. The van der Waals surface area contributed by atoms with Crippen LogP contribution in [0, 0.1) is 16.0 Å². The number of thioether (sulfide) groups is 2. The first kappa shape index (κ1) is 24.5. The van der Waals surface area contributed by atoms with Gasteiger partial charge >= 0.3 is 5.97 Å². The Morgan fingerprint density at radius 1 is 1.25 bits per heavy atom. The number of thiazole rings is 1. The highest BCUT2D eigenvalue weighted by Crippen LogP contribution is 2.56. The number of nitro groups is 1. The van der Waals surface area contributed by atoms with E-state index in [2.05, 4.69) is 4.98 Å². The highest BCUT2D eigenvalue weighted by molar-refractivity contribution is 8.23. The van der Waals surface area contributed by atoms with Crippen LogP contribution in [0.5, 0.6) is 0 Å². The van der Waals surface area contributed by atoms with Gasteiger partial charge in [-0.2, -0.15) is 0 Å². The van der Waals surface area contributed by atoms with Gasteiger partial charge in [-0.25, -0.2) is 14.2 Å². The van der Waals surface area contributed by atoms with E-state index >= 15 is 0 Å². The third kappa shape index (κ3) is 4.63. The van der Waals surface area contributed by atoms with Crippen molar-refractivity contribution in [3.8, 4) is 11.3 Å². The molecule has 5 rings (SSSR count). The third-order valence-electron chi connectivity index (χ3n) is 5.68. The van der Waals surface area contributed by atoms with E-state index in [9.17, 15) is 24.1 Å². The summed E-state index contributed by atoms with van der Waals surface area (Å²) in [4.78, 5) is 42.1. The summed E-state index contributed by atoms with van der Waals surface area (Å²) in [5, 5.41) is 12.2. The lowest BCUT2D eigenvalue weighted by Crippen LogP contribution is -2.60. The molecule has 0 saturated carbocycles. The molecule has 0 bridgehead atoms. The average molecular weight is 544 g/mol. The molecule has 0 radical (unpaired) electrons. The summed E-state index contributed by atoms with van der Waals surface area (Å²) in [6, 6.07) is 15.3. The normalized spacial score (nSPS) is 19.6. The molecule has 0 spiro atoms. The maximum atomic E-state index is 14.1. The number of fused-ring (bicyclic) bond motifs is 1. The molecule has 3 heterocycles. The average Bonchev–Trinajstić information content (AvgIpc) is 3.46. The van der Waals surface area contributed by atoms with E-state index in [-0.39, 0.29) is 18.0 Å². The second-order valence-electron chi connectivity index (χ2n) is 8.02. The fourth-order valence-electron chi connectivity index (χ4n) is 3.85. The Morgan fingerprint density at radius 3 is 2.64 bits per heavy atom. The summed E-state index contributed by atoms with van der Waals surface area (Å²) < 4.78 is 20.8. The molecule has 2 aliphatic heterocycles. The van der Waals surface area contributed by atoms with Crippen LogP contribution < -0.4 is 0 Å². The summed E-state index contributed by atoms with van der Waals surface area (Å²) >= 11 is 3.92. The second-order valence-corrected chi connectivity index (χ2v) is 11.5. The molecule has 184 valence electrons. The molecule has 3 aromatic rings. The molecular weight excluding hydrogens is 525 g/mol. The summed E-state index contributed by atoms with van der Waals surface area (Å²) in [6.07, 6.45) is -1.35. The van der Waals surface area contributed by atoms with Crippen LogP contribution in [-0.4, -0.2) is 38.2 Å². The number of ether oxygens (including phenoxy) is 1. The lowest BCUT2D eigenvalue weighted by Gasteiger charge is -2.43. The van der Waals surface area contributed by atoms with Crippen molar-refractivity contribution < 1.29 is 23.6 Å². The first-order valence-electron chi connectivity index (χ1n) is 10.8. The Labute approximate surface area is 217 Å². The Balaban J connectivity index is 1.37. The molecule has 1 fully saturated rings. The van der Waals surface area contributed by atoms with Crippen LogP contribution in [-0.2, 0) is 20.9 Å². The summed E-state index contributed by atoms with van der Waals surface area (Å²) in [5.41, 5.74) is 2.32. The number of nitrogens with zero attached hydrogens (tertiary/aromatic N) is 3. The first-order chi connectivity index (χ1) is 17.3. The number of nitro benzene ring substituents is 1. The van der Waals surface area contributed by atoms with Crippen LogP contribution >= 0.6 is 34.9 Å². The van der Waals surface area contributed by atoms with Crippen LogP contribution in [0.1, 0.15) is 12.5 Å². The van der Waals surface area contributed by atoms with E-state index in [4.69, 9.17) is 4.74 Å². The van der Waals surface area contributed by atoms with Crippen molar-refractivity contribution in [2.45, 2.75) is 29.4 Å². The van der Waals surface area contributed by atoms with E-state index in [1.165, 1.54) is 70.9 Å². The number of hydrogen-bond donors (Lipinski definition) is 0. The Kier molecular flexibility index (Phi) is 6.82. The largest absolute Gasteiger partial charge is 0.456 e. The highest BCUT2D eigenvalue weighted by Gasteiger charge is 2.58. The van der Waals surface area contributed by atoms with Crippen LogP contribution in [0.3, 0.4) is 0 Å². The molecule has 1 amide bonds. The number of carbonyl (C=O) groups is 2. The van der Waals surface area contributed by atoms with E-state index in [1.807, 2.05) is 35.7 Å². The number of rotatable bonds is 8. The van der Waals surface area contributed by atoms with Crippen LogP contribution in [0.4, 0.5) is 10.1 Å². The zero-order valence-corrected chi connectivity index (χ0v) is 21.1. The van der Waals surface area contributed by atoms with Crippen molar-refractivity contribution in [1.82, 2.24) is 9.88 Å². The molecule has 8 nitrogen and oxygen atoms in total. The number of alkyl halides is 1. The number of non-ortho nitro benzene ring substituents is 1. The van der Waals surface area contributed by atoms with E-state index in [1.54, 1.807) is 0 Å². The Morgan fingerprint density at radius 2 is 1.97 bits per heavy atom. The van der Waals surface area contributed by atoms with Crippen molar-refractivity contribution >= 4 is 52.4 Å². The molecule has 1 aromatic heterocycles. The zero-order chi connectivity index (χ0) is 25.4. The molecule has 12 heteroatoms. The minimum atomic E-state index is -1.35. The van der Waals surface area contributed by atoms with Gasteiger partial charge in [0.15, 0.2) is 10.0 Å². The lowest BCUT2D eigenvalue weighted by atomic mass is 9.93. The van der Waals surface area contributed by atoms with E-state index in [0.29, 0.717) is 14.1 Å². The van der Waals surface area contributed by atoms with Gasteiger partial charge in [0.1, 0.15) is 18.2 Å². The number of halogens is 1. The number of hydrogen-bond acceptors (Lipinski definition) is 9. The van der Waals surface area contributed by atoms with Crippen LogP contribution in [0.15, 0.2) is 74.3 Å². The van der Waals surface area contributed by atoms with Gasteiger partial charge in [0, 0.05) is 23.1 Å². The Bertz CT molecular complexity index is 1360. The summed E-state index contributed by atoms with van der Waals surface area (Å²) in [6.45, 7) is 1.21. The smallest absolute Gasteiger partial charge is 0.357 e. The number of carbonyl (C=O) groups excluding carboxylic acids is 2. The fourth-order valence-corrected chi connectivity index (χ4v) is 7.76. The van der Waals surface area contributed by atoms with Crippen LogP contribution in [0.25, 0.3) is 11.3 Å². The van der Waals surface area contributed by atoms with E-state index < -0.39 is 34.3 Å². The van der Waals surface area contributed by atoms with Crippen molar-refractivity contribution in [2.75, 3.05) is 0 Å². The van der Waals surface area contributed by atoms with Crippen molar-refractivity contribution in [1.29, 1.82) is 0 Å². The molecule has 0 unspecified atom stereocenters. The van der Waals surface area contributed by atoms with Crippen molar-refractivity contribution in [2.24, 2.45) is 5.92 Å². The second kappa shape index (κ2) is 10.0. The molecule has 2 aliphatic rings. The fraction of sp³-hybridized carbons (Fsp3) is 0.208. The predicted molar refractivity (Wildman–Crippen MR) is 136 cm³/mol. The number of aromatic nitrogens is 1. The maximum Gasteiger partial charge on any atom is 0.357 e. The van der Waals surface area contributed by atoms with Gasteiger partial charge < -0.3 is 4.74 Å². The van der Waals surface area contributed by atoms with Gasteiger partial charge in [-0.15, -0.1) is 11.3 Å². The number of esters is 1. The van der Waals surface area contributed by atoms with E-state index in [0.717, 1.165) is 11.3 Å². The minimum absolute atomic E-state index is 0.0719. The number of β-lactam (4-membered cyclic amide) rings is 1. The molecule has 0 N–H and O–H groups in total. The zero-order valence-electron chi connectivity index (χ0n) is 18.7. The number of benzene rings is 2. The van der Waals surface area contributed by atoms with Gasteiger partial charge in [-0.05, 0) is 36.4 Å². The minimum Gasteiger partial charge on any atom is -0.456 e. The van der Waals surface area contributed by atoms with Gasteiger partial charge in [0.25, 0.3) is 5.69 Å². The molecule has 2 aromatic carbocycles. The SMILES string of the molecule is C[C@H](F)[C@H]1C(=O)N2C(C(=O)OCc3ccc([N+](=O)[O-])cc3)=C(Sc3nc(-c4ccccc4)cs3)S[C@H]12. The van der Waals surface area contributed by atoms with Gasteiger partial charge in [-0.3, -0.25) is 19.8 Å². The molecule has 36 heavy (non-hydrogen) atoms. The lowest BCUT2D eigenvalue weighted by molar-refractivity contribution is -0.384. The monoisotopic (exact) mass is 543 g/mol. The third-order valence-corrected chi connectivity index (χ3v) is 9.19. The maximum absolute atomic E-state index is 14.1.